The smallest absolute Gasteiger partial charge is 0.326 e. The molecule has 81 heavy (non-hydrogen) atoms. The van der Waals surface area contributed by atoms with Crippen molar-refractivity contribution < 1.29 is 97.2 Å². The third-order valence-electron chi connectivity index (χ3n) is 13.2. The Morgan fingerprint density at radius 2 is 0.877 bits per heavy atom. The molecule has 468 valence electrons. The Balaban J connectivity index is 0. The molecule has 0 aliphatic carbocycles. The lowest BCUT2D eigenvalue weighted by Crippen LogP contribution is -2.42. The normalized spacial score (nSPS) is 12.5. The number of hydrogen-bond acceptors (Lipinski definition) is 16. The van der Waals surface area contributed by atoms with Crippen LogP contribution in [0.5, 0.6) is 0 Å². The van der Waals surface area contributed by atoms with Gasteiger partial charge in [-0.1, -0.05) is 97.8 Å². The van der Waals surface area contributed by atoms with Crippen molar-refractivity contribution in [2.24, 2.45) is 11.8 Å². The highest BCUT2D eigenvalue weighted by Crippen LogP contribution is 2.17. The van der Waals surface area contributed by atoms with Gasteiger partial charge in [0.25, 0.3) is 0 Å². The van der Waals surface area contributed by atoms with Crippen molar-refractivity contribution >= 4 is 64.9 Å². The van der Waals surface area contributed by atoms with E-state index in [-0.39, 0.29) is 141 Å². The summed E-state index contributed by atoms with van der Waals surface area (Å²) in [5, 5.41) is 56.5. The maximum atomic E-state index is 12.5. The maximum Gasteiger partial charge on any atom is 0.326 e. The van der Waals surface area contributed by atoms with Crippen molar-refractivity contribution in [3.05, 3.63) is 0 Å². The van der Waals surface area contributed by atoms with Crippen LogP contribution < -0.4 is 21.3 Å². The molecule has 9 N–H and O–H groups in total. The number of aliphatic hydroxyl groups excluding tert-OH is 1. The lowest BCUT2D eigenvalue weighted by atomic mass is 9.95. The molecular weight excluding hydrogens is 1060 g/mol. The van der Waals surface area contributed by atoms with Crippen molar-refractivity contribution in [3.63, 3.8) is 0 Å². The lowest BCUT2D eigenvalue weighted by Gasteiger charge is -2.16. The van der Waals surface area contributed by atoms with Gasteiger partial charge in [-0.05, 0) is 57.8 Å². The van der Waals surface area contributed by atoms with Crippen molar-refractivity contribution in [3.8, 4) is 0 Å². The Kier molecular flexibility index (Phi) is 50.4. The summed E-state index contributed by atoms with van der Waals surface area (Å²) in [6.07, 6.45) is 16.9. The van der Waals surface area contributed by atoms with Crippen molar-refractivity contribution in [2.45, 2.75) is 213 Å². The average Bonchev–Trinajstić information content (AvgIpc) is 3.41. The molecule has 0 aliphatic rings. The highest BCUT2D eigenvalue weighted by molar-refractivity contribution is 5.87. The van der Waals surface area contributed by atoms with Gasteiger partial charge in [-0.2, -0.15) is 0 Å². The van der Waals surface area contributed by atoms with E-state index >= 15 is 0 Å². The number of Topliss-reactive ketones (excluding diaryl/α,β-unsaturated/α-hetero) is 3. The molecule has 0 aromatic carbocycles. The van der Waals surface area contributed by atoms with Crippen LogP contribution in [0.15, 0.2) is 0 Å². The van der Waals surface area contributed by atoms with Gasteiger partial charge in [0, 0.05) is 70.6 Å². The Bertz CT molecular complexity index is 1800. The highest BCUT2D eigenvalue weighted by atomic mass is 16.5. The Hall–Kier alpha value is -5.43. The third-order valence-corrected chi connectivity index (χ3v) is 13.2. The number of ketones is 3. The number of carboxylic acid groups (broad SMARTS) is 4. The number of hydrogen-bond donors (Lipinski definition) is 9. The van der Waals surface area contributed by atoms with Crippen LogP contribution in [0.25, 0.3) is 0 Å². The minimum atomic E-state index is -1.40. The minimum absolute atomic E-state index is 0. The van der Waals surface area contributed by atoms with Gasteiger partial charge in [0.1, 0.15) is 37.7 Å². The Labute approximate surface area is 479 Å². The summed E-state index contributed by atoms with van der Waals surface area (Å²) in [6.45, 7) is 1.91. The van der Waals surface area contributed by atoms with Gasteiger partial charge in [0.2, 0.25) is 23.6 Å². The van der Waals surface area contributed by atoms with Crippen LogP contribution in [0.1, 0.15) is 201 Å². The van der Waals surface area contributed by atoms with Crippen molar-refractivity contribution in [2.75, 3.05) is 72.6 Å². The summed E-state index contributed by atoms with van der Waals surface area (Å²) < 4.78 is 21.4. The Morgan fingerprint density at radius 1 is 0.395 bits per heavy atom. The molecule has 4 atom stereocenters. The van der Waals surface area contributed by atoms with Gasteiger partial charge < -0.3 is 65.7 Å². The fourth-order valence-electron chi connectivity index (χ4n) is 8.42. The molecule has 0 heterocycles. The quantitative estimate of drug-likeness (QED) is 0.0340. The first-order chi connectivity index (χ1) is 38.4. The molecule has 0 aromatic rings. The molecule has 0 rings (SSSR count). The molecule has 0 saturated carbocycles. The summed E-state index contributed by atoms with van der Waals surface area (Å²) in [6, 6.07) is -2.54. The van der Waals surface area contributed by atoms with E-state index in [1.807, 2.05) is 6.92 Å². The maximum absolute atomic E-state index is 12.5. The molecule has 0 aliphatic heterocycles. The second kappa shape index (κ2) is 52.6. The number of carbonyl (C=O) groups excluding carboxylic acids is 7. The number of amides is 4. The topological polar surface area (TPSA) is 374 Å². The van der Waals surface area contributed by atoms with Crippen molar-refractivity contribution in [1.29, 1.82) is 0 Å². The first-order valence-corrected chi connectivity index (χ1v) is 28.9. The van der Waals surface area contributed by atoms with E-state index in [2.05, 4.69) is 21.3 Å². The average molecular weight is 1160 g/mol. The largest absolute Gasteiger partial charge is 0.481 e. The first-order valence-electron chi connectivity index (χ1n) is 28.9. The van der Waals surface area contributed by atoms with E-state index in [1.54, 1.807) is 0 Å². The molecule has 0 bridgehead atoms. The molecule has 0 radical (unpaired) electrons. The number of carboxylic acids is 4. The number of rotatable bonds is 58. The van der Waals surface area contributed by atoms with Gasteiger partial charge in [-0.25, -0.2) is 9.59 Å². The number of carbonyl (C=O) groups is 11. The number of nitrogens with one attached hydrogen (secondary N) is 4. The molecule has 24 heteroatoms. The molecule has 0 aromatic heterocycles. The van der Waals surface area contributed by atoms with Crippen molar-refractivity contribution in [1.82, 2.24) is 21.3 Å². The molecule has 0 fully saturated rings. The van der Waals surface area contributed by atoms with Crippen LogP contribution in [0.4, 0.5) is 0 Å². The predicted octanol–water partition coefficient (Wildman–Crippen LogP) is 5.49. The van der Waals surface area contributed by atoms with Crippen LogP contribution in [-0.4, -0.2) is 175 Å². The molecular formula is C57H100N4O20. The van der Waals surface area contributed by atoms with Gasteiger partial charge in [0.15, 0.2) is 11.6 Å². The van der Waals surface area contributed by atoms with E-state index in [4.69, 9.17) is 29.2 Å². The monoisotopic (exact) mass is 1160 g/mol. The summed E-state index contributed by atoms with van der Waals surface area (Å²) in [5.74, 6) is -8.90. The van der Waals surface area contributed by atoms with E-state index in [0.717, 1.165) is 51.4 Å². The summed E-state index contributed by atoms with van der Waals surface area (Å²) in [4.78, 5) is 131. The fourth-order valence-corrected chi connectivity index (χ4v) is 8.42. The minimum Gasteiger partial charge on any atom is -0.481 e. The number of unbranched alkanes of at least 4 members (excludes halogenated alkanes) is 14. The molecule has 4 amide bonds. The molecule has 24 nitrogen and oxygen atoms in total. The number of aliphatic hydroxyl groups is 1. The van der Waals surface area contributed by atoms with Gasteiger partial charge in [-0.3, -0.25) is 43.2 Å². The van der Waals surface area contributed by atoms with Crippen LogP contribution in [0.3, 0.4) is 0 Å². The van der Waals surface area contributed by atoms with Crippen LogP contribution in [0.2, 0.25) is 0 Å². The zero-order valence-electron chi connectivity index (χ0n) is 47.5. The molecule has 0 unspecified atom stereocenters. The summed E-state index contributed by atoms with van der Waals surface area (Å²) >= 11 is 0. The van der Waals surface area contributed by atoms with Crippen LogP contribution in [0, 0.1) is 11.8 Å². The van der Waals surface area contributed by atoms with Gasteiger partial charge in [-0.15, -0.1) is 0 Å². The van der Waals surface area contributed by atoms with Gasteiger partial charge in [0.05, 0.1) is 39.0 Å². The molecule has 0 saturated heterocycles. The van der Waals surface area contributed by atoms with Crippen LogP contribution >= 0.6 is 0 Å². The summed E-state index contributed by atoms with van der Waals surface area (Å²) in [7, 11) is 0. The zero-order chi connectivity index (χ0) is 59.6. The number of ether oxygens (including phenoxy) is 4. The number of aliphatic carboxylic acids is 4. The highest BCUT2D eigenvalue weighted by Gasteiger charge is 2.26. The Morgan fingerprint density at radius 3 is 1.41 bits per heavy atom. The second-order valence-corrected chi connectivity index (χ2v) is 20.1. The fraction of sp³-hybridized carbons (Fsp3) is 0.807. The second-order valence-electron chi connectivity index (χ2n) is 20.1. The predicted molar refractivity (Wildman–Crippen MR) is 299 cm³/mol. The third kappa shape index (κ3) is 47.9. The summed E-state index contributed by atoms with van der Waals surface area (Å²) in [5.41, 5.74) is 0. The SMILES string of the molecule is C.CC[C@@H](CCCCNC(=O)CC[C@H](NC(=O)CC[C@H](CC(=O)COCCOCCNC(=O)COCCOCCCC(=O)CC[C@H](NC(=O)CCCCCCCCCCCCCCCCC(=O)O)C(=O)O)C(=O)O)C(=O)O)C(=O)CO. The van der Waals surface area contributed by atoms with E-state index < -0.39 is 85.0 Å². The van der Waals surface area contributed by atoms with E-state index in [1.165, 1.54) is 32.1 Å². The lowest BCUT2D eigenvalue weighted by molar-refractivity contribution is -0.145. The van der Waals surface area contributed by atoms with Crippen LogP contribution in [-0.2, 0) is 71.7 Å². The standard InChI is InChI=1S/C56H96N4O20.CH4/c1-2-42(48(64)39-61)20-17-18-30-57-49(65)29-27-47(56(75)76)60-51(67)28-24-43(54(71)72)38-45(63)40-79-36-35-78-33-31-58-52(68)41-80-37-34-77-32-19-21-44(62)25-26-46(55(73)74)59-50(66)22-15-13-11-9-7-5-3-4-6-8-10-12-14-16-23-53(69)70;/h42-43,46-47,61H,2-41H2,1H3,(H,57,65)(H,58,68)(H,59,66)(H,60,67)(H,69,70)(H,71,72)(H,73,74)(H,75,76);1H4/t42-,43+,46-,47-;/m0./s1. The zero-order valence-corrected chi connectivity index (χ0v) is 47.5. The van der Waals surface area contributed by atoms with E-state index in [9.17, 15) is 68.1 Å². The van der Waals surface area contributed by atoms with Gasteiger partial charge >= 0.3 is 23.9 Å². The first kappa shape index (κ1) is 77.6. The molecule has 0 spiro atoms. The van der Waals surface area contributed by atoms with E-state index in [0.29, 0.717) is 45.1 Å².